The van der Waals surface area contributed by atoms with Crippen LogP contribution in [-0.4, -0.2) is 37.4 Å². The minimum atomic E-state index is -0.0151. The predicted octanol–water partition coefficient (Wildman–Crippen LogP) is 0.550. The highest BCUT2D eigenvalue weighted by Gasteiger charge is 2.06. The van der Waals surface area contributed by atoms with E-state index < -0.39 is 0 Å². The number of aromatic nitrogens is 5. The van der Waals surface area contributed by atoms with Crippen LogP contribution < -0.4 is 15.8 Å². The van der Waals surface area contributed by atoms with Gasteiger partial charge in [0.25, 0.3) is 0 Å². The van der Waals surface area contributed by atoms with Crippen molar-refractivity contribution in [1.29, 1.82) is 0 Å². The number of hydrogen-bond donors (Lipinski definition) is 2. The van der Waals surface area contributed by atoms with Gasteiger partial charge in [-0.3, -0.25) is 4.68 Å². The fourth-order valence-electron chi connectivity index (χ4n) is 1.43. The molecule has 2 heterocycles. The van der Waals surface area contributed by atoms with Crippen LogP contribution in [0, 0.1) is 0 Å². The Morgan fingerprint density at radius 2 is 2.21 bits per heavy atom. The summed E-state index contributed by atoms with van der Waals surface area (Å²) in [6.07, 6.45) is 3.60. The van der Waals surface area contributed by atoms with E-state index in [1.807, 2.05) is 30.8 Å². The smallest absolute Gasteiger partial charge is 0.323 e. The summed E-state index contributed by atoms with van der Waals surface area (Å²) in [6.45, 7) is 5.13. The number of nitrogens with one attached hydrogen (secondary N) is 1. The Hall–Kier alpha value is -2.38. The molecule has 0 amide bonds. The molecule has 2 aromatic heterocycles. The maximum Gasteiger partial charge on any atom is 0.323 e. The molecule has 8 nitrogen and oxygen atoms in total. The van der Waals surface area contributed by atoms with Crippen LogP contribution in [0.1, 0.15) is 13.8 Å². The van der Waals surface area contributed by atoms with Crippen LogP contribution in [0.3, 0.4) is 0 Å². The molecule has 0 spiro atoms. The minimum absolute atomic E-state index is 0.0151. The van der Waals surface area contributed by atoms with E-state index in [2.05, 4.69) is 25.4 Å². The van der Waals surface area contributed by atoms with Gasteiger partial charge in [-0.2, -0.15) is 20.1 Å². The van der Waals surface area contributed by atoms with Gasteiger partial charge in [0, 0.05) is 18.9 Å². The van der Waals surface area contributed by atoms with Crippen molar-refractivity contribution in [2.45, 2.75) is 26.5 Å². The van der Waals surface area contributed by atoms with Gasteiger partial charge in [0.15, 0.2) is 0 Å². The Morgan fingerprint density at radius 1 is 1.37 bits per heavy atom. The van der Waals surface area contributed by atoms with Crippen molar-refractivity contribution < 1.29 is 4.74 Å². The van der Waals surface area contributed by atoms with Crippen molar-refractivity contribution in [3.63, 3.8) is 0 Å². The number of anilines is 2. The van der Waals surface area contributed by atoms with Crippen molar-refractivity contribution in [3.05, 3.63) is 18.5 Å². The molecule has 2 aromatic rings. The largest absolute Gasteiger partial charge is 0.461 e. The summed E-state index contributed by atoms with van der Waals surface area (Å²) < 4.78 is 7.20. The highest BCUT2D eigenvalue weighted by atomic mass is 16.5. The predicted molar refractivity (Wildman–Crippen MR) is 70.7 cm³/mol. The van der Waals surface area contributed by atoms with Gasteiger partial charge >= 0.3 is 6.01 Å². The van der Waals surface area contributed by atoms with Crippen LogP contribution in [-0.2, 0) is 6.54 Å². The highest BCUT2D eigenvalue weighted by Crippen LogP contribution is 2.10. The van der Waals surface area contributed by atoms with Gasteiger partial charge in [0.1, 0.15) is 0 Å². The fraction of sp³-hybridized carbons (Fsp3) is 0.455. The first-order chi connectivity index (χ1) is 9.13. The van der Waals surface area contributed by atoms with Crippen LogP contribution in [0.5, 0.6) is 6.01 Å². The lowest BCUT2D eigenvalue weighted by molar-refractivity contribution is 0.222. The summed E-state index contributed by atoms with van der Waals surface area (Å²) in [5.41, 5.74) is 5.60. The number of ether oxygens (including phenoxy) is 1. The van der Waals surface area contributed by atoms with Crippen molar-refractivity contribution in [1.82, 2.24) is 24.7 Å². The zero-order chi connectivity index (χ0) is 13.7. The van der Waals surface area contributed by atoms with Gasteiger partial charge in [-0.1, -0.05) is 0 Å². The maximum atomic E-state index is 5.60. The molecule has 3 N–H and O–H groups in total. The third-order valence-electron chi connectivity index (χ3n) is 2.16. The number of nitrogen functional groups attached to an aromatic ring is 1. The third kappa shape index (κ3) is 4.09. The highest BCUT2D eigenvalue weighted by molar-refractivity contribution is 5.32. The van der Waals surface area contributed by atoms with Crippen LogP contribution in [0.2, 0.25) is 0 Å². The van der Waals surface area contributed by atoms with Crippen LogP contribution in [0.15, 0.2) is 18.5 Å². The average molecular weight is 263 g/mol. The van der Waals surface area contributed by atoms with E-state index in [1.165, 1.54) is 0 Å². The molecule has 0 aliphatic carbocycles. The molecule has 19 heavy (non-hydrogen) atoms. The second kappa shape index (κ2) is 5.98. The first kappa shape index (κ1) is 13.1. The first-order valence-corrected chi connectivity index (χ1v) is 6.03. The van der Waals surface area contributed by atoms with E-state index in [1.54, 1.807) is 6.20 Å². The van der Waals surface area contributed by atoms with E-state index in [9.17, 15) is 0 Å². The van der Waals surface area contributed by atoms with Gasteiger partial charge in [-0.25, -0.2) is 0 Å². The molecule has 0 saturated carbocycles. The van der Waals surface area contributed by atoms with Crippen molar-refractivity contribution in [3.8, 4) is 6.01 Å². The third-order valence-corrected chi connectivity index (χ3v) is 2.16. The van der Waals surface area contributed by atoms with Crippen molar-refractivity contribution in [2.24, 2.45) is 0 Å². The molecule has 0 radical (unpaired) electrons. The summed E-state index contributed by atoms with van der Waals surface area (Å²) in [6, 6.07) is 2.10. The minimum Gasteiger partial charge on any atom is -0.461 e. The van der Waals surface area contributed by atoms with E-state index in [0.717, 1.165) is 0 Å². The van der Waals surface area contributed by atoms with Gasteiger partial charge in [-0.15, -0.1) is 0 Å². The second-order valence-electron chi connectivity index (χ2n) is 4.16. The lowest BCUT2D eigenvalue weighted by Crippen LogP contribution is -2.15. The number of nitrogens with two attached hydrogens (primary N) is 1. The van der Waals surface area contributed by atoms with Crippen LogP contribution >= 0.6 is 0 Å². The fourth-order valence-corrected chi connectivity index (χ4v) is 1.43. The Labute approximate surface area is 111 Å². The molecule has 0 fully saturated rings. The normalized spacial score (nSPS) is 10.7. The molecule has 0 aliphatic heterocycles. The van der Waals surface area contributed by atoms with E-state index >= 15 is 0 Å². The van der Waals surface area contributed by atoms with Crippen LogP contribution in [0.25, 0.3) is 0 Å². The van der Waals surface area contributed by atoms with Gasteiger partial charge in [0.05, 0.1) is 12.6 Å². The number of nitrogens with zero attached hydrogens (tertiary/aromatic N) is 5. The molecule has 0 unspecified atom stereocenters. The Kier molecular flexibility index (Phi) is 4.11. The molecule has 8 heteroatoms. The summed E-state index contributed by atoms with van der Waals surface area (Å²) in [4.78, 5) is 12.0. The lowest BCUT2D eigenvalue weighted by atomic mass is 10.5. The summed E-state index contributed by atoms with van der Waals surface area (Å²) in [5.74, 6) is 0.530. The molecule has 0 aliphatic rings. The Balaban J connectivity index is 1.93. The summed E-state index contributed by atoms with van der Waals surface area (Å²) >= 11 is 0. The zero-order valence-electron chi connectivity index (χ0n) is 10.9. The summed E-state index contributed by atoms with van der Waals surface area (Å²) in [5, 5.41) is 7.15. The second-order valence-corrected chi connectivity index (χ2v) is 4.16. The molecule has 0 bridgehead atoms. The summed E-state index contributed by atoms with van der Waals surface area (Å²) in [7, 11) is 0. The molecular weight excluding hydrogens is 246 g/mol. The number of rotatable bonds is 6. The Morgan fingerprint density at radius 3 is 2.89 bits per heavy atom. The topological polar surface area (TPSA) is 104 Å². The molecule has 0 saturated heterocycles. The zero-order valence-corrected chi connectivity index (χ0v) is 10.9. The van der Waals surface area contributed by atoms with E-state index in [4.69, 9.17) is 10.5 Å². The first-order valence-electron chi connectivity index (χ1n) is 6.03. The SMILES string of the molecule is CC(C)Oc1nc(N)nc(NCCn2cccn2)n1. The quantitative estimate of drug-likeness (QED) is 0.784. The molecule has 0 aromatic carbocycles. The lowest BCUT2D eigenvalue weighted by Gasteiger charge is -2.10. The van der Waals surface area contributed by atoms with Crippen LogP contribution in [0.4, 0.5) is 11.9 Å². The van der Waals surface area contributed by atoms with Crippen molar-refractivity contribution >= 4 is 11.9 Å². The Bertz CT molecular complexity index is 512. The molecule has 102 valence electrons. The monoisotopic (exact) mass is 263 g/mol. The molecule has 2 rings (SSSR count). The maximum absolute atomic E-state index is 5.60. The van der Waals surface area contributed by atoms with E-state index in [-0.39, 0.29) is 18.1 Å². The molecular formula is C11H17N7O. The number of hydrogen-bond acceptors (Lipinski definition) is 7. The molecule has 0 atom stereocenters. The standard InChI is InChI=1S/C11H17N7O/c1-8(2)19-11-16-9(12)15-10(17-11)13-5-7-18-6-3-4-14-18/h3-4,6,8H,5,7H2,1-2H3,(H3,12,13,15,16,17). The van der Waals surface area contributed by atoms with Gasteiger partial charge in [-0.05, 0) is 19.9 Å². The van der Waals surface area contributed by atoms with Gasteiger partial charge in [0.2, 0.25) is 11.9 Å². The van der Waals surface area contributed by atoms with Gasteiger partial charge < -0.3 is 15.8 Å². The average Bonchev–Trinajstić information content (AvgIpc) is 2.80. The van der Waals surface area contributed by atoms with Crippen molar-refractivity contribution in [2.75, 3.05) is 17.6 Å². The van der Waals surface area contributed by atoms with E-state index in [0.29, 0.717) is 19.0 Å².